The molecule has 1 saturated heterocycles. The van der Waals surface area contributed by atoms with Crippen molar-refractivity contribution in [2.75, 3.05) is 0 Å². The number of carbonyl (C=O) groups is 2. The van der Waals surface area contributed by atoms with Crippen LogP contribution in [0.3, 0.4) is 0 Å². The molecule has 5 nitrogen and oxygen atoms in total. The number of pyridine rings is 1. The Morgan fingerprint density at radius 1 is 1.31 bits per heavy atom. The fraction of sp³-hybridized carbons (Fsp3) is 0.364. The average molecular weight is 220 g/mol. The molecule has 0 aliphatic carbocycles. The molecule has 0 spiro atoms. The van der Waals surface area contributed by atoms with Crippen LogP contribution in [-0.4, -0.2) is 27.5 Å². The van der Waals surface area contributed by atoms with E-state index in [0.717, 1.165) is 10.5 Å². The molecule has 5 heteroatoms. The van der Waals surface area contributed by atoms with Crippen LogP contribution >= 0.6 is 0 Å². The highest BCUT2D eigenvalue weighted by Crippen LogP contribution is 2.24. The lowest BCUT2D eigenvalue weighted by atomic mass is 10.1. The summed E-state index contributed by atoms with van der Waals surface area (Å²) in [6, 6.07) is 3.51. The van der Waals surface area contributed by atoms with Crippen LogP contribution in [0.4, 0.5) is 4.79 Å². The van der Waals surface area contributed by atoms with Gasteiger partial charge in [-0.25, -0.2) is 9.69 Å². The third-order valence-electron chi connectivity index (χ3n) is 2.41. The van der Waals surface area contributed by atoms with Crippen molar-refractivity contribution in [3.63, 3.8) is 0 Å². The maximum absolute atomic E-state index is 11.8. The Balaban J connectivity index is 2.18. The van der Waals surface area contributed by atoms with Crippen molar-refractivity contribution < 1.29 is 14.3 Å². The molecule has 1 aromatic heterocycles. The predicted molar refractivity (Wildman–Crippen MR) is 55.3 cm³/mol. The van der Waals surface area contributed by atoms with E-state index in [0.29, 0.717) is 0 Å². The molecule has 0 bridgehead atoms. The first-order valence-electron chi connectivity index (χ1n) is 4.94. The highest BCUT2D eigenvalue weighted by molar-refractivity contribution is 6.02. The van der Waals surface area contributed by atoms with Gasteiger partial charge in [0.15, 0.2) is 5.60 Å². The summed E-state index contributed by atoms with van der Waals surface area (Å²) in [4.78, 5) is 28.3. The summed E-state index contributed by atoms with van der Waals surface area (Å²) < 4.78 is 4.97. The normalized spacial score (nSPS) is 18.8. The number of carbonyl (C=O) groups excluding carboxylic acids is 2. The van der Waals surface area contributed by atoms with E-state index in [-0.39, 0.29) is 12.5 Å². The second-order valence-electron chi connectivity index (χ2n) is 4.13. The van der Waals surface area contributed by atoms with Gasteiger partial charge < -0.3 is 4.74 Å². The largest absolute Gasteiger partial charge is 0.433 e. The van der Waals surface area contributed by atoms with Gasteiger partial charge in [0.05, 0.1) is 6.54 Å². The Morgan fingerprint density at radius 3 is 2.44 bits per heavy atom. The van der Waals surface area contributed by atoms with Gasteiger partial charge in [-0.05, 0) is 31.5 Å². The fourth-order valence-electron chi connectivity index (χ4n) is 1.53. The molecule has 0 aromatic carbocycles. The molecular formula is C11H12N2O3. The topological polar surface area (TPSA) is 59.5 Å². The van der Waals surface area contributed by atoms with Crippen LogP contribution in [0.2, 0.25) is 0 Å². The van der Waals surface area contributed by atoms with E-state index in [1.165, 1.54) is 0 Å². The van der Waals surface area contributed by atoms with E-state index >= 15 is 0 Å². The second-order valence-corrected chi connectivity index (χ2v) is 4.13. The zero-order valence-corrected chi connectivity index (χ0v) is 9.14. The minimum Gasteiger partial charge on any atom is -0.433 e. The Hall–Kier alpha value is -1.91. The summed E-state index contributed by atoms with van der Waals surface area (Å²) in [5.41, 5.74) is -0.206. The summed E-state index contributed by atoms with van der Waals surface area (Å²) in [6.07, 6.45) is 2.64. The molecule has 16 heavy (non-hydrogen) atoms. The molecule has 1 fully saturated rings. The standard InChI is InChI=1S/C11H12N2O3/c1-11(2)9(14)13(10(15)16-11)7-8-3-5-12-6-4-8/h3-6H,7H2,1-2H3. The Bertz CT molecular complexity index is 428. The van der Waals surface area contributed by atoms with E-state index in [1.54, 1.807) is 38.4 Å². The van der Waals surface area contributed by atoms with Gasteiger partial charge in [-0.2, -0.15) is 0 Å². The third kappa shape index (κ3) is 1.76. The van der Waals surface area contributed by atoms with Gasteiger partial charge in [-0.15, -0.1) is 0 Å². The first-order chi connectivity index (χ1) is 7.50. The number of imide groups is 1. The molecule has 1 aliphatic rings. The molecule has 2 heterocycles. The first kappa shape index (κ1) is 10.6. The lowest BCUT2D eigenvalue weighted by Gasteiger charge is -2.13. The number of cyclic esters (lactones) is 1. The van der Waals surface area contributed by atoms with Crippen molar-refractivity contribution in [1.29, 1.82) is 0 Å². The van der Waals surface area contributed by atoms with Crippen molar-refractivity contribution in [2.45, 2.75) is 26.0 Å². The average Bonchev–Trinajstić information content (AvgIpc) is 2.42. The van der Waals surface area contributed by atoms with Crippen LogP contribution in [0.15, 0.2) is 24.5 Å². The molecule has 2 rings (SSSR count). The minimum atomic E-state index is -1.05. The van der Waals surface area contributed by atoms with Crippen molar-refractivity contribution in [3.05, 3.63) is 30.1 Å². The molecule has 0 radical (unpaired) electrons. The molecule has 1 aromatic rings. The number of aromatic nitrogens is 1. The van der Waals surface area contributed by atoms with E-state index in [9.17, 15) is 9.59 Å². The number of rotatable bonds is 2. The predicted octanol–water partition coefficient (Wildman–Crippen LogP) is 1.34. The van der Waals surface area contributed by atoms with Crippen LogP contribution in [0.25, 0.3) is 0 Å². The van der Waals surface area contributed by atoms with Crippen molar-refractivity contribution in [3.8, 4) is 0 Å². The van der Waals surface area contributed by atoms with Gasteiger partial charge in [-0.1, -0.05) is 0 Å². The Morgan fingerprint density at radius 2 is 1.94 bits per heavy atom. The van der Waals surface area contributed by atoms with Crippen molar-refractivity contribution in [2.24, 2.45) is 0 Å². The number of amides is 2. The molecular weight excluding hydrogens is 208 g/mol. The van der Waals surface area contributed by atoms with Crippen LogP contribution in [0, 0.1) is 0 Å². The molecule has 84 valence electrons. The second kappa shape index (κ2) is 3.59. The molecule has 0 saturated carbocycles. The number of nitrogens with zero attached hydrogens (tertiary/aromatic N) is 2. The van der Waals surface area contributed by atoms with Crippen LogP contribution in [0.5, 0.6) is 0 Å². The highest BCUT2D eigenvalue weighted by atomic mass is 16.6. The Labute approximate surface area is 93.0 Å². The maximum atomic E-state index is 11.8. The van der Waals surface area contributed by atoms with E-state index < -0.39 is 11.7 Å². The van der Waals surface area contributed by atoms with Crippen molar-refractivity contribution >= 4 is 12.0 Å². The first-order valence-corrected chi connectivity index (χ1v) is 4.94. The fourth-order valence-corrected chi connectivity index (χ4v) is 1.53. The minimum absolute atomic E-state index is 0.226. The van der Waals surface area contributed by atoms with Gasteiger partial charge in [-0.3, -0.25) is 9.78 Å². The lowest BCUT2D eigenvalue weighted by molar-refractivity contribution is -0.134. The zero-order chi connectivity index (χ0) is 11.8. The van der Waals surface area contributed by atoms with E-state index in [4.69, 9.17) is 4.74 Å². The van der Waals surface area contributed by atoms with Crippen LogP contribution < -0.4 is 0 Å². The lowest BCUT2D eigenvalue weighted by Crippen LogP contribution is -2.35. The molecule has 0 atom stereocenters. The van der Waals surface area contributed by atoms with Gasteiger partial charge in [0.2, 0.25) is 0 Å². The Kier molecular flexibility index (Phi) is 2.38. The summed E-state index contributed by atoms with van der Waals surface area (Å²) >= 11 is 0. The van der Waals surface area contributed by atoms with E-state index in [2.05, 4.69) is 4.98 Å². The third-order valence-corrected chi connectivity index (χ3v) is 2.41. The molecule has 0 unspecified atom stereocenters. The van der Waals surface area contributed by atoms with Gasteiger partial charge >= 0.3 is 6.09 Å². The monoisotopic (exact) mass is 220 g/mol. The maximum Gasteiger partial charge on any atom is 0.418 e. The number of hydrogen-bond acceptors (Lipinski definition) is 4. The number of ether oxygens (including phenoxy) is 1. The molecule has 2 amide bonds. The highest BCUT2D eigenvalue weighted by Gasteiger charge is 2.46. The van der Waals surface area contributed by atoms with Crippen LogP contribution in [-0.2, 0) is 16.1 Å². The van der Waals surface area contributed by atoms with Crippen LogP contribution in [0.1, 0.15) is 19.4 Å². The van der Waals surface area contributed by atoms with E-state index in [1.807, 2.05) is 0 Å². The quantitative estimate of drug-likeness (QED) is 0.754. The molecule has 1 aliphatic heterocycles. The summed E-state index contributed by atoms with van der Waals surface area (Å²) in [7, 11) is 0. The summed E-state index contributed by atoms with van der Waals surface area (Å²) in [6.45, 7) is 3.39. The summed E-state index contributed by atoms with van der Waals surface area (Å²) in [5.74, 6) is -0.311. The number of hydrogen-bond donors (Lipinski definition) is 0. The summed E-state index contributed by atoms with van der Waals surface area (Å²) in [5, 5.41) is 0. The SMILES string of the molecule is CC1(C)OC(=O)N(Cc2ccncc2)C1=O. The molecule has 0 N–H and O–H groups in total. The van der Waals surface area contributed by atoms with Gasteiger partial charge in [0.1, 0.15) is 0 Å². The zero-order valence-electron chi connectivity index (χ0n) is 9.14. The van der Waals surface area contributed by atoms with Crippen molar-refractivity contribution in [1.82, 2.24) is 9.88 Å². The smallest absolute Gasteiger partial charge is 0.418 e. The van der Waals surface area contributed by atoms with Gasteiger partial charge in [0, 0.05) is 12.4 Å². The van der Waals surface area contributed by atoms with Gasteiger partial charge in [0.25, 0.3) is 5.91 Å².